The fraction of sp³-hybridized carbons (Fsp3) is 0.900. The summed E-state index contributed by atoms with van der Waals surface area (Å²) in [6, 6.07) is 0.152. The van der Waals surface area contributed by atoms with Gasteiger partial charge in [-0.25, -0.2) is 4.79 Å². The summed E-state index contributed by atoms with van der Waals surface area (Å²) < 4.78 is 0. The van der Waals surface area contributed by atoms with Crippen LogP contribution in [0.25, 0.3) is 0 Å². The van der Waals surface area contributed by atoms with Crippen molar-refractivity contribution in [3.05, 3.63) is 0 Å². The van der Waals surface area contributed by atoms with Gasteiger partial charge in [0.1, 0.15) is 0 Å². The van der Waals surface area contributed by atoms with E-state index in [9.17, 15) is 4.79 Å². The highest BCUT2D eigenvalue weighted by atomic mass is 16.2. The summed E-state index contributed by atoms with van der Waals surface area (Å²) in [5.41, 5.74) is 0. The molecule has 0 spiro atoms. The molecule has 3 heteroatoms. The molecule has 2 atom stereocenters. The molecule has 3 nitrogen and oxygen atoms in total. The van der Waals surface area contributed by atoms with Crippen molar-refractivity contribution in [2.24, 2.45) is 11.8 Å². The van der Waals surface area contributed by atoms with Gasteiger partial charge >= 0.3 is 6.03 Å². The van der Waals surface area contributed by atoms with Crippen LogP contribution in [0.1, 0.15) is 20.3 Å². The Labute approximate surface area is 80.7 Å². The molecule has 0 aromatic rings. The first-order valence-corrected chi connectivity index (χ1v) is 4.98. The Morgan fingerprint density at radius 3 is 2.38 bits per heavy atom. The van der Waals surface area contributed by atoms with Gasteiger partial charge in [0.2, 0.25) is 0 Å². The molecule has 1 aliphatic rings. The average Bonchev–Trinajstić information content (AvgIpc) is 2.08. The summed E-state index contributed by atoms with van der Waals surface area (Å²) in [6.45, 7) is 6.32. The van der Waals surface area contributed by atoms with Gasteiger partial charge in [0.25, 0.3) is 0 Å². The van der Waals surface area contributed by atoms with Gasteiger partial charge in [0.15, 0.2) is 0 Å². The second-order valence-electron chi connectivity index (χ2n) is 4.37. The highest BCUT2D eigenvalue weighted by molar-refractivity contribution is 5.73. The van der Waals surface area contributed by atoms with Gasteiger partial charge in [0, 0.05) is 27.2 Å². The van der Waals surface area contributed by atoms with E-state index in [4.69, 9.17) is 0 Å². The number of amides is 2. The summed E-state index contributed by atoms with van der Waals surface area (Å²) in [7, 11) is 3.62. The van der Waals surface area contributed by atoms with Crippen molar-refractivity contribution in [2.45, 2.75) is 20.3 Å². The number of carbonyl (C=O) groups excluding carboxylic acids is 1. The standard InChI is InChI=1S/C10H20N2O/c1-8-5-6-12(7-9(8)2)10(13)11(3)4/h8-9H,5-7H2,1-4H3/t8-,9+/m1/s1. The fourth-order valence-corrected chi connectivity index (χ4v) is 1.72. The van der Waals surface area contributed by atoms with Gasteiger partial charge in [-0.15, -0.1) is 0 Å². The third-order valence-corrected chi connectivity index (χ3v) is 2.99. The summed E-state index contributed by atoms with van der Waals surface area (Å²) in [5, 5.41) is 0. The molecule has 0 saturated carbocycles. The van der Waals surface area contributed by atoms with Crippen molar-refractivity contribution in [1.29, 1.82) is 0 Å². The molecular weight excluding hydrogens is 164 g/mol. The molecule has 0 aromatic carbocycles. The van der Waals surface area contributed by atoms with Crippen LogP contribution in [-0.2, 0) is 0 Å². The first-order valence-electron chi connectivity index (χ1n) is 4.98. The summed E-state index contributed by atoms with van der Waals surface area (Å²) in [5.74, 6) is 1.39. The second-order valence-corrected chi connectivity index (χ2v) is 4.37. The van der Waals surface area contributed by atoms with E-state index in [-0.39, 0.29) is 6.03 Å². The molecule has 76 valence electrons. The van der Waals surface area contributed by atoms with Crippen LogP contribution < -0.4 is 0 Å². The van der Waals surface area contributed by atoms with E-state index in [2.05, 4.69) is 13.8 Å². The zero-order valence-corrected chi connectivity index (χ0v) is 9.08. The van der Waals surface area contributed by atoms with Crippen LogP contribution in [0.5, 0.6) is 0 Å². The molecule has 1 aliphatic heterocycles. The van der Waals surface area contributed by atoms with Crippen LogP contribution in [0.3, 0.4) is 0 Å². The third kappa shape index (κ3) is 2.36. The summed E-state index contributed by atoms with van der Waals surface area (Å²) in [6.07, 6.45) is 1.14. The van der Waals surface area contributed by atoms with Gasteiger partial charge in [-0.3, -0.25) is 0 Å². The maximum atomic E-state index is 11.6. The smallest absolute Gasteiger partial charge is 0.319 e. The zero-order valence-electron chi connectivity index (χ0n) is 9.08. The predicted octanol–water partition coefficient (Wildman–Crippen LogP) is 1.65. The minimum absolute atomic E-state index is 0.152. The lowest BCUT2D eigenvalue weighted by atomic mass is 9.89. The lowest BCUT2D eigenvalue weighted by Gasteiger charge is -2.36. The molecule has 1 heterocycles. The maximum absolute atomic E-state index is 11.6. The molecule has 0 radical (unpaired) electrons. The summed E-state index contributed by atoms with van der Waals surface area (Å²) >= 11 is 0. The van der Waals surface area contributed by atoms with Crippen LogP contribution in [0, 0.1) is 11.8 Å². The van der Waals surface area contributed by atoms with Crippen LogP contribution >= 0.6 is 0 Å². The van der Waals surface area contributed by atoms with Crippen LogP contribution in [0.4, 0.5) is 4.79 Å². The number of hydrogen-bond donors (Lipinski definition) is 0. The van der Waals surface area contributed by atoms with Crippen LogP contribution in [0.2, 0.25) is 0 Å². The predicted molar refractivity (Wildman–Crippen MR) is 53.6 cm³/mol. The number of urea groups is 1. The van der Waals surface area contributed by atoms with Crippen molar-refractivity contribution in [3.8, 4) is 0 Å². The van der Waals surface area contributed by atoms with Crippen molar-refractivity contribution in [1.82, 2.24) is 9.80 Å². The largest absolute Gasteiger partial charge is 0.331 e. The van der Waals surface area contributed by atoms with E-state index in [1.165, 1.54) is 0 Å². The maximum Gasteiger partial charge on any atom is 0.319 e. The van der Waals surface area contributed by atoms with Crippen molar-refractivity contribution >= 4 is 6.03 Å². The minimum atomic E-state index is 0.152. The van der Waals surface area contributed by atoms with Crippen molar-refractivity contribution in [3.63, 3.8) is 0 Å². The van der Waals surface area contributed by atoms with Crippen molar-refractivity contribution < 1.29 is 4.79 Å². The highest BCUT2D eigenvalue weighted by Gasteiger charge is 2.26. The molecule has 0 unspecified atom stereocenters. The molecule has 2 amide bonds. The van der Waals surface area contributed by atoms with Gasteiger partial charge in [-0.1, -0.05) is 13.8 Å². The van der Waals surface area contributed by atoms with Crippen LogP contribution in [-0.4, -0.2) is 43.0 Å². The van der Waals surface area contributed by atoms with E-state index in [1.807, 2.05) is 19.0 Å². The first-order chi connectivity index (χ1) is 6.02. The SMILES string of the molecule is C[C@@H]1CCN(C(=O)N(C)C)C[C@@H]1C. The number of rotatable bonds is 0. The Bertz CT molecular complexity index is 191. The molecule has 0 aliphatic carbocycles. The van der Waals surface area contributed by atoms with E-state index < -0.39 is 0 Å². The fourth-order valence-electron chi connectivity index (χ4n) is 1.72. The zero-order chi connectivity index (χ0) is 10.0. The average molecular weight is 184 g/mol. The first kappa shape index (κ1) is 10.4. The topological polar surface area (TPSA) is 23.6 Å². The van der Waals surface area contributed by atoms with Crippen molar-refractivity contribution in [2.75, 3.05) is 27.2 Å². The number of carbonyl (C=O) groups is 1. The molecule has 0 bridgehead atoms. The molecule has 1 fully saturated rings. The summed E-state index contributed by atoms with van der Waals surface area (Å²) in [4.78, 5) is 15.2. The number of piperidine rings is 1. The number of nitrogens with zero attached hydrogens (tertiary/aromatic N) is 2. The monoisotopic (exact) mass is 184 g/mol. The van der Waals surface area contributed by atoms with E-state index >= 15 is 0 Å². The number of hydrogen-bond acceptors (Lipinski definition) is 1. The Hall–Kier alpha value is -0.730. The third-order valence-electron chi connectivity index (χ3n) is 2.99. The second kappa shape index (κ2) is 3.99. The Morgan fingerprint density at radius 2 is 1.92 bits per heavy atom. The normalized spacial score (nSPS) is 28.8. The molecule has 1 saturated heterocycles. The van der Waals surface area contributed by atoms with Gasteiger partial charge in [0.05, 0.1) is 0 Å². The van der Waals surface area contributed by atoms with Gasteiger partial charge < -0.3 is 9.80 Å². The Morgan fingerprint density at radius 1 is 1.31 bits per heavy atom. The minimum Gasteiger partial charge on any atom is -0.331 e. The molecule has 13 heavy (non-hydrogen) atoms. The molecule has 0 N–H and O–H groups in total. The molecule has 0 aromatic heterocycles. The Kier molecular flexibility index (Phi) is 3.17. The Balaban J connectivity index is 2.50. The number of likely N-dealkylation sites (tertiary alicyclic amines) is 1. The van der Waals surface area contributed by atoms with Crippen LogP contribution in [0.15, 0.2) is 0 Å². The molecular formula is C10H20N2O. The van der Waals surface area contributed by atoms with Gasteiger partial charge in [-0.2, -0.15) is 0 Å². The van der Waals surface area contributed by atoms with E-state index in [0.29, 0.717) is 5.92 Å². The lowest BCUT2D eigenvalue weighted by molar-refractivity contribution is 0.126. The molecule has 1 rings (SSSR count). The lowest BCUT2D eigenvalue weighted by Crippen LogP contribution is -2.46. The van der Waals surface area contributed by atoms with E-state index in [1.54, 1.807) is 4.90 Å². The van der Waals surface area contributed by atoms with Gasteiger partial charge in [-0.05, 0) is 18.3 Å². The quantitative estimate of drug-likeness (QED) is 0.561. The van der Waals surface area contributed by atoms with E-state index in [0.717, 1.165) is 25.4 Å². The highest BCUT2D eigenvalue weighted by Crippen LogP contribution is 2.22.